The van der Waals surface area contributed by atoms with Crippen molar-refractivity contribution in [1.29, 1.82) is 0 Å². The third kappa shape index (κ3) is 3.67. The number of ketones is 1. The molecule has 6 heteroatoms. The summed E-state index contributed by atoms with van der Waals surface area (Å²) in [6.45, 7) is 5.87. The number of methoxy groups -OCH3 is 2. The van der Waals surface area contributed by atoms with Crippen LogP contribution in [-0.4, -0.2) is 26.0 Å². The van der Waals surface area contributed by atoms with Crippen LogP contribution in [0, 0.1) is 12.8 Å². The molecule has 0 unspecified atom stereocenters. The van der Waals surface area contributed by atoms with Gasteiger partial charge in [0.1, 0.15) is 23.7 Å². The molecule has 0 radical (unpaired) electrons. The number of esters is 1. The van der Waals surface area contributed by atoms with Gasteiger partial charge in [0, 0.05) is 12.0 Å². The van der Waals surface area contributed by atoms with Crippen LogP contribution < -0.4 is 14.2 Å². The summed E-state index contributed by atoms with van der Waals surface area (Å²) < 4.78 is 22.4. The van der Waals surface area contributed by atoms with Crippen molar-refractivity contribution in [3.8, 4) is 23.0 Å². The normalized spacial score (nSPS) is 12.9. The predicted molar refractivity (Wildman–Crippen MR) is 104 cm³/mol. The van der Waals surface area contributed by atoms with Gasteiger partial charge in [0.25, 0.3) is 0 Å². The Morgan fingerprint density at radius 1 is 1.18 bits per heavy atom. The highest BCUT2D eigenvalue weighted by Crippen LogP contribution is 2.43. The number of hydrogen-bond donors (Lipinski definition) is 0. The predicted octanol–water partition coefficient (Wildman–Crippen LogP) is 4.70. The minimum absolute atomic E-state index is 0.0268. The summed E-state index contributed by atoms with van der Waals surface area (Å²) >= 11 is 0. The second kappa shape index (κ2) is 7.92. The zero-order chi connectivity index (χ0) is 20.4. The summed E-state index contributed by atoms with van der Waals surface area (Å²) in [5, 5.41) is 0. The van der Waals surface area contributed by atoms with Crippen molar-refractivity contribution in [3.05, 3.63) is 46.5 Å². The van der Waals surface area contributed by atoms with Gasteiger partial charge < -0.3 is 18.9 Å². The highest BCUT2D eigenvalue weighted by atomic mass is 16.6. The summed E-state index contributed by atoms with van der Waals surface area (Å²) in [6, 6.07) is 6.95. The van der Waals surface area contributed by atoms with E-state index < -0.39 is 5.97 Å². The molecule has 3 rings (SSSR count). The lowest BCUT2D eigenvalue weighted by Gasteiger charge is -2.22. The molecular formula is C22H24O6. The molecule has 0 amide bonds. The van der Waals surface area contributed by atoms with Gasteiger partial charge in [-0.15, -0.1) is 0 Å². The first-order valence-corrected chi connectivity index (χ1v) is 9.12. The fourth-order valence-corrected chi connectivity index (χ4v) is 3.27. The van der Waals surface area contributed by atoms with Crippen molar-refractivity contribution in [2.75, 3.05) is 14.2 Å². The fraction of sp³-hybridized carbons (Fsp3) is 0.364. The summed E-state index contributed by atoms with van der Waals surface area (Å²) in [4.78, 5) is 25.4. The molecule has 0 atom stereocenters. The number of carbonyl (C=O) groups is 2. The first-order valence-electron chi connectivity index (χ1n) is 9.12. The summed E-state index contributed by atoms with van der Waals surface area (Å²) in [7, 11) is 2.98. The fourth-order valence-electron chi connectivity index (χ4n) is 3.27. The van der Waals surface area contributed by atoms with Crippen LogP contribution in [0.1, 0.15) is 52.1 Å². The van der Waals surface area contributed by atoms with Crippen molar-refractivity contribution < 1.29 is 28.5 Å². The largest absolute Gasteiger partial charge is 0.495 e. The van der Waals surface area contributed by atoms with Gasteiger partial charge in [0.15, 0.2) is 17.3 Å². The third-order valence-electron chi connectivity index (χ3n) is 4.49. The standard InChI is InChI=1S/C22H24O6/c1-12(2)8-16(23)15-6-7-17-19(21(15)26-5)22(24)27-11-14-9-13(3)10-18(25-4)20(14)28-17/h6-7,9-10,12H,8,11H2,1-5H3. The Morgan fingerprint density at radius 3 is 2.57 bits per heavy atom. The van der Waals surface area contributed by atoms with E-state index in [1.807, 2.05) is 32.9 Å². The van der Waals surface area contributed by atoms with Gasteiger partial charge in [-0.1, -0.05) is 13.8 Å². The maximum Gasteiger partial charge on any atom is 0.346 e. The molecule has 0 N–H and O–H groups in total. The second-order valence-electron chi connectivity index (χ2n) is 7.17. The van der Waals surface area contributed by atoms with Crippen LogP contribution in [0.3, 0.4) is 0 Å². The molecule has 2 aromatic rings. The van der Waals surface area contributed by atoms with Crippen molar-refractivity contribution in [3.63, 3.8) is 0 Å². The monoisotopic (exact) mass is 384 g/mol. The highest BCUT2D eigenvalue weighted by molar-refractivity contribution is 6.05. The van der Waals surface area contributed by atoms with E-state index in [0.717, 1.165) is 5.56 Å². The van der Waals surface area contributed by atoms with Crippen LogP contribution in [0.2, 0.25) is 0 Å². The molecule has 1 aliphatic rings. The second-order valence-corrected chi connectivity index (χ2v) is 7.17. The third-order valence-corrected chi connectivity index (χ3v) is 4.49. The average Bonchev–Trinajstić information content (AvgIpc) is 2.64. The lowest BCUT2D eigenvalue weighted by atomic mass is 9.97. The summed E-state index contributed by atoms with van der Waals surface area (Å²) in [5.41, 5.74) is 2.11. The number of aryl methyl sites for hydroxylation is 1. The van der Waals surface area contributed by atoms with Crippen LogP contribution in [-0.2, 0) is 11.3 Å². The van der Waals surface area contributed by atoms with E-state index in [1.165, 1.54) is 7.11 Å². The Morgan fingerprint density at radius 2 is 1.93 bits per heavy atom. The van der Waals surface area contributed by atoms with Gasteiger partial charge in [-0.2, -0.15) is 0 Å². The molecule has 2 aromatic carbocycles. The van der Waals surface area contributed by atoms with Crippen molar-refractivity contribution in [2.45, 2.75) is 33.8 Å². The zero-order valence-corrected chi connectivity index (χ0v) is 16.8. The van der Waals surface area contributed by atoms with E-state index in [9.17, 15) is 9.59 Å². The lowest BCUT2D eigenvalue weighted by Crippen LogP contribution is -2.15. The number of rotatable bonds is 5. The average molecular weight is 384 g/mol. The Balaban J connectivity index is 2.16. The number of Topliss-reactive ketones (excluding diaryl/α,β-unsaturated/α-hetero) is 1. The number of benzene rings is 2. The zero-order valence-electron chi connectivity index (χ0n) is 16.8. The van der Waals surface area contributed by atoms with Gasteiger partial charge in [-0.25, -0.2) is 4.79 Å². The van der Waals surface area contributed by atoms with Crippen molar-refractivity contribution in [2.24, 2.45) is 5.92 Å². The van der Waals surface area contributed by atoms with Crippen LogP contribution in [0.15, 0.2) is 24.3 Å². The molecule has 0 bridgehead atoms. The topological polar surface area (TPSA) is 71.1 Å². The van der Waals surface area contributed by atoms with Gasteiger partial charge in [0.2, 0.25) is 0 Å². The van der Waals surface area contributed by atoms with Gasteiger partial charge in [0.05, 0.1) is 19.8 Å². The van der Waals surface area contributed by atoms with E-state index >= 15 is 0 Å². The summed E-state index contributed by atoms with van der Waals surface area (Å²) in [5.74, 6) is 0.925. The molecule has 6 nitrogen and oxygen atoms in total. The van der Waals surface area contributed by atoms with Crippen LogP contribution >= 0.6 is 0 Å². The van der Waals surface area contributed by atoms with E-state index in [1.54, 1.807) is 19.2 Å². The molecule has 0 aliphatic carbocycles. The van der Waals surface area contributed by atoms with E-state index in [4.69, 9.17) is 18.9 Å². The molecule has 0 spiro atoms. The smallest absolute Gasteiger partial charge is 0.346 e. The summed E-state index contributed by atoms with van der Waals surface area (Å²) in [6.07, 6.45) is 0.348. The number of carbonyl (C=O) groups excluding carboxylic acids is 2. The van der Waals surface area contributed by atoms with E-state index in [2.05, 4.69) is 0 Å². The first-order chi connectivity index (χ1) is 13.3. The van der Waals surface area contributed by atoms with Crippen molar-refractivity contribution >= 4 is 11.8 Å². The number of cyclic esters (lactones) is 1. The maximum absolute atomic E-state index is 12.8. The molecule has 0 aromatic heterocycles. The molecular weight excluding hydrogens is 360 g/mol. The molecule has 28 heavy (non-hydrogen) atoms. The quantitative estimate of drug-likeness (QED) is 0.549. The molecule has 0 saturated carbocycles. The molecule has 1 aliphatic heterocycles. The number of hydrogen-bond acceptors (Lipinski definition) is 6. The maximum atomic E-state index is 12.8. The Hall–Kier alpha value is -3.02. The first kappa shape index (κ1) is 19.7. The molecule has 1 heterocycles. The van der Waals surface area contributed by atoms with Gasteiger partial charge in [-0.05, 0) is 42.7 Å². The molecule has 148 valence electrons. The van der Waals surface area contributed by atoms with Crippen LogP contribution in [0.5, 0.6) is 23.0 Å². The van der Waals surface area contributed by atoms with Crippen LogP contribution in [0.4, 0.5) is 0 Å². The van der Waals surface area contributed by atoms with Gasteiger partial charge >= 0.3 is 5.97 Å². The minimum Gasteiger partial charge on any atom is -0.495 e. The minimum atomic E-state index is -0.600. The van der Waals surface area contributed by atoms with E-state index in [0.29, 0.717) is 29.0 Å². The van der Waals surface area contributed by atoms with Crippen LogP contribution in [0.25, 0.3) is 0 Å². The SMILES string of the molecule is COc1cc(C)cc2c1Oc1ccc(C(=O)CC(C)C)c(OC)c1C(=O)OC2. The Kier molecular flexibility index (Phi) is 5.58. The van der Waals surface area contributed by atoms with Gasteiger partial charge in [-0.3, -0.25) is 4.79 Å². The molecule has 0 fully saturated rings. The van der Waals surface area contributed by atoms with Crippen molar-refractivity contribution in [1.82, 2.24) is 0 Å². The van der Waals surface area contributed by atoms with E-state index in [-0.39, 0.29) is 35.4 Å². The number of fused-ring (bicyclic) bond motifs is 2. The highest BCUT2D eigenvalue weighted by Gasteiger charge is 2.30. The Labute approximate surface area is 164 Å². The lowest BCUT2D eigenvalue weighted by molar-refractivity contribution is 0.0455. The Bertz CT molecular complexity index is 929. The number of ether oxygens (including phenoxy) is 4. The molecule has 0 saturated heterocycles.